The average molecular weight is 263 g/mol. The molecule has 0 aliphatic heterocycles. The van der Waals surface area contributed by atoms with Gasteiger partial charge in [-0.1, -0.05) is 30.3 Å². The number of rotatable bonds is 4. The second-order valence-corrected chi connectivity index (χ2v) is 4.66. The Labute approximate surface area is 108 Å². The molecule has 5 heteroatoms. The molecule has 0 bridgehead atoms. The lowest BCUT2D eigenvalue weighted by molar-refractivity contribution is -0.387. The number of hydrogen-bond donors (Lipinski definition) is 0. The van der Waals surface area contributed by atoms with Crippen LogP contribution in [0.5, 0.6) is 0 Å². The molecule has 3 nitrogen and oxygen atoms in total. The third-order valence-corrected chi connectivity index (χ3v) is 3.45. The van der Waals surface area contributed by atoms with Gasteiger partial charge in [0, 0.05) is 22.3 Å². The van der Waals surface area contributed by atoms with E-state index in [1.807, 2.05) is 30.3 Å². The first kappa shape index (κ1) is 12.6. The van der Waals surface area contributed by atoms with Crippen LogP contribution in [0.3, 0.4) is 0 Å². The quantitative estimate of drug-likeness (QED) is 0.475. The van der Waals surface area contributed by atoms with Crippen molar-refractivity contribution in [3.8, 4) is 0 Å². The number of nitro groups is 1. The van der Waals surface area contributed by atoms with Crippen LogP contribution in [0.2, 0.25) is 0 Å². The van der Waals surface area contributed by atoms with E-state index in [1.165, 1.54) is 23.9 Å². The van der Waals surface area contributed by atoms with Crippen LogP contribution >= 0.6 is 11.8 Å². The monoisotopic (exact) mass is 263 g/mol. The maximum atomic E-state index is 13.8. The molecule has 0 saturated heterocycles. The highest BCUT2D eigenvalue weighted by molar-refractivity contribution is 7.98. The van der Waals surface area contributed by atoms with Gasteiger partial charge in [0.05, 0.1) is 4.92 Å². The summed E-state index contributed by atoms with van der Waals surface area (Å²) >= 11 is 1.45. The first-order valence-electron chi connectivity index (χ1n) is 5.28. The lowest BCUT2D eigenvalue weighted by Crippen LogP contribution is -1.96. The molecule has 0 atom stereocenters. The van der Waals surface area contributed by atoms with E-state index in [2.05, 4.69) is 0 Å². The first-order chi connectivity index (χ1) is 8.68. The van der Waals surface area contributed by atoms with Crippen molar-refractivity contribution in [1.29, 1.82) is 0 Å². The normalized spacial score (nSPS) is 10.3. The topological polar surface area (TPSA) is 43.1 Å². The molecule has 18 heavy (non-hydrogen) atoms. The number of hydrogen-bond acceptors (Lipinski definition) is 3. The fourth-order valence-electron chi connectivity index (χ4n) is 1.50. The molecule has 2 rings (SSSR count). The SMILES string of the molecule is O=[N+]([O-])c1cccc(CSc2ccccc2)c1F. The summed E-state index contributed by atoms with van der Waals surface area (Å²) in [6.07, 6.45) is 0. The predicted octanol–water partition coefficient (Wildman–Crippen LogP) is 4.03. The highest BCUT2D eigenvalue weighted by Crippen LogP contribution is 2.27. The van der Waals surface area contributed by atoms with Crippen LogP contribution in [0.25, 0.3) is 0 Å². The zero-order valence-corrected chi connectivity index (χ0v) is 10.2. The van der Waals surface area contributed by atoms with Crippen molar-refractivity contribution in [3.05, 3.63) is 70.0 Å². The summed E-state index contributed by atoms with van der Waals surface area (Å²) in [7, 11) is 0. The van der Waals surface area contributed by atoms with E-state index in [0.29, 0.717) is 11.3 Å². The Kier molecular flexibility index (Phi) is 3.94. The third kappa shape index (κ3) is 2.87. The molecule has 0 unspecified atom stereocenters. The minimum atomic E-state index is -0.745. The maximum absolute atomic E-state index is 13.8. The van der Waals surface area contributed by atoms with Gasteiger partial charge < -0.3 is 0 Å². The summed E-state index contributed by atoms with van der Waals surface area (Å²) in [5, 5.41) is 10.6. The van der Waals surface area contributed by atoms with Crippen molar-refractivity contribution in [2.75, 3.05) is 0 Å². The molecule has 0 aliphatic carbocycles. The Morgan fingerprint density at radius 1 is 1.11 bits per heavy atom. The zero-order valence-electron chi connectivity index (χ0n) is 9.38. The molecule has 0 N–H and O–H groups in total. The Hall–Kier alpha value is -1.88. The predicted molar refractivity (Wildman–Crippen MR) is 69.1 cm³/mol. The maximum Gasteiger partial charge on any atom is 0.305 e. The van der Waals surface area contributed by atoms with Crippen LogP contribution in [0.1, 0.15) is 5.56 Å². The molecule has 0 saturated carbocycles. The van der Waals surface area contributed by atoms with Gasteiger partial charge in [-0.3, -0.25) is 10.1 Å². The molecule has 0 heterocycles. The second kappa shape index (κ2) is 5.64. The first-order valence-corrected chi connectivity index (χ1v) is 6.26. The second-order valence-electron chi connectivity index (χ2n) is 3.61. The molecular formula is C13H10FNO2S. The summed E-state index contributed by atoms with van der Waals surface area (Å²) < 4.78 is 13.8. The molecule has 0 amide bonds. The van der Waals surface area contributed by atoms with E-state index in [9.17, 15) is 14.5 Å². The molecule has 0 aliphatic rings. The summed E-state index contributed by atoms with van der Waals surface area (Å²) in [6, 6.07) is 13.8. The molecule has 2 aromatic carbocycles. The standard InChI is InChI=1S/C13H10FNO2S/c14-13-10(5-4-8-12(13)15(16)17)9-18-11-6-2-1-3-7-11/h1-8H,9H2. The van der Waals surface area contributed by atoms with Gasteiger partial charge in [-0.05, 0) is 12.1 Å². The van der Waals surface area contributed by atoms with Crippen LogP contribution in [-0.4, -0.2) is 4.92 Å². The van der Waals surface area contributed by atoms with Gasteiger partial charge in [0.15, 0.2) is 0 Å². The average Bonchev–Trinajstić information content (AvgIpc) is 2.38. The summed E-state index contributed by atoms with van der Waals surface area (Å²) in [5.74, 6) is -0.372. The van der Waals surface area contributed by atoms with E-state index in [-0.39, 0.29) is 0 Å². The highest BCUT2D eigenvalue weighted by Gasteiger charge is 2.16. The lowest BCUT2D eigenvalue weighted by atomic mass is 10.2. The Bertz CT molecular complexity index is 560. The van der Waals surface area contributed by atoms with Crippen LogP contribution in [-0.2, 0) is 5.75 Å². The van der Waals surface area contributed by atoms with E-state index < -0.39 is 16.4 Å². The van der Waals surface area contributed by atoms with Crippen molar-refractivity contribution < 1.29 is 9.31 Å². The lowest BCUT2D eigenvalue weighted by Gasteiger charge is -2.03. The van der Waals surface area contributed by atoms with Crippen molar-refractivity contribution in [2.24, 2.45) is 0 Å². The molecule has 92 valence electrons. The molecule has 0 radical (unpaired) electrons. The van der Waals surface area contributed by atoms with E-state index in [0.717, 1.165) is 4.90 Å². The van der Waals surface area contributed by atoms with E-state index in [4.69, 9.17) is 0 Å². The fourth-order valence-corrected chi connectivity index (χ4v) is 2.39. The van der Waals surface area contributed by atoms with E-state index in [1.54, 1.807) is 6.07 Å². The summed E-state index contributed by atoms with van der Waals surface area (Å²) in [6.45, 7) is 0. The van der Waals surface area contributed by atoms with Crippen molar-refractivity contribution in [3.63, 3.8) is 0 Å². The summed E-state index contributed by atoms with van der Waals surface area (Å²) in [4.78, 5) is 10.9. The van der Waals surface area contributed by atoms with Gasteiger partial charge in [0.1, 0.15) is 0 Å². The van der Waals surface area contributed by atoms with E-state index >= 15 is 0 Å². The number of nitrogens with zero attached hydrogens (tertiary/aromatic N) is 1. The minimum Gasteiger partial charge on any atom is -0.258 e. The van der Waals surface area contributed by atoms with Crippen LogP contribution < -0.4 is 0 Å². The number of nitro benzene ring substituents is 1. The number of benzene rings is 2. The van der Waals surface area contributed by atoms with Crippen LogP contribution in [0.15, 0.2) is 53.4 Å². The summed E-state index contributed by atoms with van der Waals surface area (Å²) in [5.41, 5.74) is -0.126. The highest BCUT2D eigenvalue weighted by atomic mass is 32.2. The number of thioether (sulfide) groups is 1. The van der Waals surface area contributed by atoms with Crippen molar-refractivity contribution in [1.82, 2.24) is 0 Å². The largest absolute Gasteiger partial charge is 0.305 e. The smallest absolute Gasteiger partial charge is 0.258 e. The van der Waals surface area contributed by atoms with Gasteiger partial charge >= 0.3 is 5.69 Å². The van der Waals surface area contributed by atoms with Gasteiger partial charge in [-0.2, -0.15) is 4.39 Å². The molecular weight excluding hydrogens is 253 g/mol. The van der Waals surface area contributed by atoms with Crippen molar-refractivity contribution >= 4 is 17.4 Å². The Balaban J connectivity index is 2.15. The van der Waals surface area contributed by atoms with Gasteiger partial charge in [0.2, 0.25) is 5.82 Å². The van der Waals surface area contributed by atoms with Gasteiger partial charge in [-0.25, -0.2) is 0 Å². The van der Waals surface area contributed by atoms with Crippen LogP contribution in [0, 0.1) is 15.9 Å². The molecule has 0 spiro atoms. The van der Waals surface area contributed by atoms with Crippen LogP contribution in [0.4, 0.5) is 10.1 Å². The Morgan fingerprint density at radius 3 is 2.50 bits per heavy atom. The van der Waals surface area contributed by atoms with Gasteiger partial charge in [0.25, 0.3) is 0 Å². The minimum absolute atomic E-state index is 0.345. The molecule has 2 aromatic rings. The third-order valence-electron chi connectivity index (χ3n) is 2.39. The zero-order chi connectivity index (χ0) is 13.0. The van der Waals surface area contributed by atoms with Gasteiger partial charge in [-0.15, -0.1) is 11.8 Å². The molecule has 0 fully saturated rings. The Morgan fingerprint density at radius 2 is 1.83 bits per heavy atom. The molecule has 0 aromatic heterocycles. The fraction of sp³-hybridized carbons (Fsp3) is 0.0769. The van der Waals surface area contributed by atoms with Crippen molar-refractivity contribution in [2.45, 2.75) is 10.6 Å². The number of halogens is 1.